The van der Waals surface area contributed by atoms with E-state index < -0.39 is 15.4 Å². The second-order valence-electron chi connectivity index (χ2n) is 10.1. The molecule has 1 saturated carbocycles. The molecule has 4 aromatic rings. The molecule has 3 aromatic heterocycles. The van der Waals surface area contributed by atoms with Crippen LogP contribution >= 0.6 is 11.3 Å². The standard InChI is InChI=1S/C28H30N6O4S2/c1-4-23-31-16-24(39-23)40(36,37)33-21-13-18(14-32-26(21)38-11-10-29-2)17-6-7-20-19(12-17)25-22(15-30-20)34(3)27(35)28(25)8-5-9-28/h6-7,12-16,29,33H,4-5,8-11H2,1-3H3. The third-order valence-corrected chi connectivity index (χ3v) is 10.7. The zero-order valence-corrected chi connectivity index (χ0v) is 24.2. The van der Waals surface area contributed by atoms with Crippen molar-refractivity contribution in [1.29, 1.82) is 0 Å². The van der Waals surface area contributed by atoms with E-state index in [0.29, 0.717) is 25.1 Å². The van der Waals surface area contributed by atoms with Crippen LogP contribution in [0.1, 0.15) is 36.8 Å². The molecule has 1 spiro atoms. The number of nitrogens with one attached hydrogen (secondary N) is 2. The molecule has 1 aliphatic carbocycles. The van der Waals surface area contributed by atoms with Crippen molar-refractivity contribution in [1.82, 2.24) is 20.3 Å². The average molecular weight is 579 g/mol. The van der Waals surface area contributed by atoms with Crippen molar-refractivity contribution in [3.05, 3.63) is 53.4 Å². The first kappa shape index (κ1) is 26.6. The molecule has 6 rings (SSSR count). The van der Waals surface area contributed by atoms with E-state index in [0.717, 1.165) is 63.3 Å². The molecule has 1 aliphatic heterocycles. The smallest absolute Gasteiger partial charge is 0.273 e. The fourth-order valence-corrected chi connectivity index (χ4v) is 7.64. The van der Waals surface area contributed by atoms with E-state index in [-0.39, 0.29) is 21.7 Å². The van der Waals surface area contributed by atoms with Crippen LogP contribution in [0.25, 0.3) is 22.0 Å². The number of thiazole rings is 1. The van der Waals surface area contributed by atoms with Crippen molar-refractivity contribution < 1.29 is 17.9 Å². The van der Waals surface area contributed by atoms with Gasteiger partial charge in [-0.05, 0) is 50.1 Å². The number of carbonyl (C=O) groups excluding carboxylic acids is 1. The quantitative estimate of drug-likeness (QED) is 0.284. The Labute approximate surface area is 236 Å². The van der Waals surface area contributed by atoms with Gasteiger partial charge in [-0.2, -0.15) is 0 Å². The number of hydrogen-bond donors (Lipinski definition) is 2. The molecular formula is C28H30N6O4S2. The Morgan fingerprint density at radius 3 is 2.62 bits per heavy atom. The molecule has 0 bridgehead atoms. The molecule has 1 fully saturated rings. The fraction of sp³-hybridized carbons (Fsp3) is 0.357. The molecule has 10 nitrogen and oxygen atoms in total. The van der Waals surface area contributed by atoms with Crippen LogP contribution in [0, 0.1) is 0 Å². The van der Waals surface area contributed by atoms with Gasteiger partial charge in [0.25, 0.3) is 10.0 Å². The van der Waals surface area contributed by atoms with E-state index >= 15 is 0 Å². The van der Waals surface area contributed by atoms with Gasteiger partial charge >= 0.3 is 0 Å². The Morgan fingerprint density at radius 2 is 1.93 bits per heavy atom. The van der Waals surface area contributed by atoms with E-state index in [2.05, 4.69) is 25.0 Å². The number of likely N-dealkylation sites (N-methyl/N-ethyl adjacent to an activating group) is 2. The summed E-state index contributed by atoms with van der Waals surface area (Å²) in [7, 11) is -0.282. The van der Waals surface area contributed by atoms with Gasteiger partial charge in [-0.3, -0.25) is 14.5 Å². The van der Waals surface area contributed by atoms with E-state index in [4.69, 9.17) is 4.74 Å². The van der Waals surface area contributed by atoms with Gasteiger partial charge in [-0.25, -0.2) is 18.4 Å². The Morgan fingerprint density at radius 1 is 1.10 bits per heavy atom. The van der Waals surface area contributed by atoms with Gasteiger partial charge in [0.1, 0.15) is 12.3 Å². The van der Waals surface area contributed by atoms with Crippen LogP contribution < -0.4 is 19.7 Å². The predicted molar refractivity (Wildman–Crippen MR) is 156 cm³/mol. The first-order valence-corrected chi connectivity index (χ1v) is 15.5. The number of aromatic nitrogens is 3. The number of rotatable bonds is 9. The Kier molecular flexibility index (Phi) is 6.71. The number of anilines is 2. The lowest BCUT2D eigenvalue weighted by Gasteiger charge is -2.37. The molecule has 0 unspecified atom stereocenters. The van der Waals surface area contributed by atoms with Crippen LogP contribution in [0.4, 0.5) is 11.4 Å². The number of benzene rings is 1. The minimum Gasteiger partial charge on any atom is -0.475 e. The minimum atomic E-state index is -3.90. The number of carbonyl (C=O) groups is 1. The average Bonchev–Trinajstić information content (AvgIpc) is 3.51. The fourth-order valence-electron chi connectivity index (χ4n) is 5.47. The molecule has 0 atom stereocenters. The van der Waals surface area contributed by atoms with E-state index in [1.54, 1.807) is 23.4 Å². The summed E-state index contributed by atoms with van der Waals surface area (Å²) in [5.41, 5.74) is 4.00. The summed E-state index contributed by atoms with van der Waals surface area (Å²) in [4.78, 5) is 28.3. The Balaban J connectivity index is 1.43. The molecule has 12 heteroatoms. The van der Waals surface area contributed by atoms with Gasteiger partial charge in [0.2, 0.25) is 11.8 Å². The number of amides is 1. The minimum absolute atomic E-state index is 0.128. The van der Waals surface area contributed by atoms with Crippen LogP contribution in [0.15, 0.2) is 47.1 Å². The molecule has 0 saturated heterocycles. The molecule has 40 heavy (non-hydrogen) atoms. The van der Waals surface area contributed by atoms with Gasteiger partial charge in [-0.1, -0.05) is 19.4 Å². The normalized spacial score (nSPS) is 15.9. The van der Waals surface area contributed by atoms with Crippen LogP contribution in [0.2, 0.25) is 0 Å². The first-order chi connectivity index (χ1) is 19.3. The first-order valence-electron chi connectivity index (χ1n) is 13.2. The lowest BCUT2D eigenvalue weighted by Crippen LogP contribution is -2.43. The van der Waals surface area contributed by atoms with Gasteiger partial charge in [0, 0.05) is 36.3 Å². The number of sulfonamides is 1. The lowest BCUT2D eigenvalue weighted by atomic mass is 9.64. The summed E-state index contributed by atoms with van der Waals surface area (Å²) in [5.74, 6) is 0.316. The molecular weight excluding hydrogens is 548 g/mol. The molecule has 1 amide bonds. The maximum Gasteiger partial charge on any atom is 0.273 e. The highest BCUT2D eigenvalue weighted by Gasteiger charge is 2.54. The second kappa shape index (κ2) is 10.1. The number of ether oxygens (including phenoxy) is 1. The van der Waals surface area contributed by atoms with Gasteiger partial charge in [-0.15, -0.1) is 11.3 Å². The van der Waals surface area contributed by atoms with Crippen LogP contribution in [0.3, 0.4) is 0 Å². The summed E-state index contributed by atoms with van der Waals surface area (Å²) in [6.07, 6.45) is 8.16. The Bertz CT molecular complexity index is 1730. The monoisotopic (exact) mass is 578 g/mol. The predicted octanol–water partition coefficient (Wildman–Crippen LogP) is 4.11. The van der Waals surface area contributed by atoms with Gasteiger partial charge < -0.3 is 15.0 Å². The van der Waals surface area contributed by atoms with Crippen LogP contribution in [-0.4, -0.2) is 56.5 Å². The summed E-state index contributed by atoms with van der Waals surface area (Å²) >= 11 is 1.14. The number of aryl methyl sites for hydroxylation is 1. The van der Waals surface area contributed by atoms with Crippen LogP contribution in [0.5, 0.6) is 5.88 Å². The van der Waals surface area contributed by atoms with E-state index in [1.165, 1.54) is 6.20 Å². The van der Waals surface area contributed by atoms with Crippen molar-refractivity contribution >= 4 is 49.5 Å². The molecule has 1 aromatic carbocycles. The topological polar surface area (TPSA) is 126 Å². The van der Waals surface area contributed by atoms with Crippen molar-refractivity contribution in [3.8, 4) is 17.0 Å². The Hall–Kier alpha value is -3.61. The van der Waals surface area contributed by atoms with E-state index in [1.807, 2.05) is 39.2 Å². The second-order valence-corrected chi connectivity index (χ2v) is 13.1. The highest BCUT2D eigenvalue weighted by molar-refractivity contribution is 7.94. The summed E-state index contributed by atoms with van der Waals surface area (Å²) < 4.78 is 35.1. The lowest BCUT2D eigenvalue weighted by molar-refractivity contribution is -0.125. The third-order valence-electron chi connectivity index (χ3n) is 7.73. The van der Waals surface area contributed by atoms with Crippen molar-refractivity contribution in [2.24, 2.45) is 0 Å². The van der Waals surface area contributed by atoms with Crippen LogP contribution in [-0.2, 0) is 26.7 Å². The zero-order valence-electron chi connectivity index (χ0n) is 22.5. The zero-order chi connectivity index (χ0) is 28.1. The summed E-state index contributed by atoms with van der Waals surface area (Å²) in [6, 6.07) is 7.63. The number of nitrogens with zero attached hydrogens (tertiary/aromatic N) is 4. The molecule has 4 heterocycles. The molecule has 0 radical (unpaired) electrons. The number of hydrogen-bond acceptors (Lipinski definition) is 9. The van der Waals surface area contributed by atoms with Crippen molar-refractivity contribution in [2.45, 2.75) is 42.2 Å². The number of pyridine rings is 2. The van der Waals surface area contributed by atoms with Gasteiger partial charge in [0.05, 0.1) is 34.0 Å². The van der Waals surface area contributed by atoms with E-state index in [9.17, 15) is 13.2 Å². The molecule has 208 valence electrons. The molecule has 2 aliphatic rings. The molecule has 2 N–H and O–H groups in total. The maximum absolute atomic E-state index is 13.3. The summed E-state index contributed by atoms with van der Waals surface area (Å²) in [6.45, 7) is 2.82. The number of fused-ring (bicyclic) bond motifs is 4. The highest BCUT2D eigenvalue weighted by atomic mass is 32.2. The van der Waals surface area contributed by atoms with Crippen molar-refractivity contribution in [2.75, 3.05) is 36.9 Å². The largest absolute Gasteiger partial charge is 0.475 e. The maximum atomic E-state index is 13.3. The SMILES string of the molecule is CCc1ncc(S(=O)(=O)Nc2cc(-c3ccc4ncc5c(c4c3)C3(CCC3)C(=O)N5C)cnc2OCCNC)s1. The van der Waals surface area contributed by atoms with Gasteiger partial charge in [0.15, 0.2) is 4.21 Å². The summed E-state index contributed by atoms with van der Waals surface area (Å²) in [5, 5.41) is 4.68. The van der Waals surface area contributed by atoms with Crippen molar-refractivity contribution in [3.63, 3.8) is 0 Å². The third kappa shape index (κ3) is 4.30. The highest BCUT2D eigenvalue weighted by Crippen LogP contribution is 2.55.